The molecule has 7 nitrogen and oxygen atoms in total. The average molecular weight is 444 g/mol. The lowest BCUT2D eigenvalue weighted by molar-refractivity contribution is 0.336. The molecule has 2 rings (SSSR count). The van der Waals surface area contributed by atoms with Gasteiger partial charge in [0.25, 0.3) is 0 Å². The van der Waals surface area contributed by atoms with Crippen molar-refractivity contribution < 1.29 is 4.74 Å². The van der Waals surface area contributed by atoms with Gasteiger partial charge in [-0.05, 0) is 19.9 Å². The van der Waals surface area contributed by atoms with E-state index >= 15 is 0 Å². The van der Waals surface area contributed by atoms with Gasteiger partial charge >= 0.3 is 0 Å². The minimum absolute atomic E-state index is 0. The Hall–Kier alpha value is -1.84. The van der Waals surface area contributed by atoms with Crippen molar-refractivity contribution in [2.24, 2.45) is 12.0 Å². The van der Waals surface area contributed by atoms with Crippen LogP contribution in [0.25, 0.3) is 0 Å². The molecular formula is C16H25IN6O. The van der Waals surface area contributed by atoms with Crippen molar-refractivity contribution in [2.45, 2.75) is 26.9 Å². The number of aromatic nitrogens is 3. The predicted octanol–water partition coefficient (Wildman–Crippen LogP) is 2.09. The van der Waals surface area contributed by atoms with Gasteiger partial charge in [-0.3, -0.25) is 4.68 Å². The second-order valence-electron chi connectivity index (χ2n) is 4.89. The minimum atomic E-state index is 0. The number of nitrogens with one attached hydrogen (secondary N) is 2. The third kappa shape index (κ3) is 5.99. The largest absolute Gasteiger partial charge is 0.494 e. The van der Waals surface area contributed by atoms with Crippen LogP contribution in [0.4, 0.5) is 0 Å². The molecule has 0 fully saturated rings. The Bertz CT molecular complexity index is 643. The lowest BCUT2D eigenvalue weighted by Gasteiger charge is -2.12. The van der Waals surface area contributed by atoms with Crippen LogP contribution in [0.1, 0.15) is 25.2 Å². The van der Waals surface area contributed by atoms with E-state index in [1.165, 1.54) is 0 Å². The van der Waals surface area contributed by atoms with Crippen LogP contribution in [0.3, 0.4) is 0 Å². The molecule has 1 aromatic heterocycles. The lowest BCUT2D eigenvalue weighted by atomic mass is 10.2. The molecule has 0 aliphatic carbocycles. The molecule has 0 atom stereocenters. The van der Waals surface area contributed by atoms with Gasteiger partial charge in [0, 0.05) is 19.2 Å². The molecule has 24 heavy (non-hydrogen) atoms. The summed E-state index contributed by atoms with van der Waals surface area (Å²) in [7, 11) is 1.87. The van der Waals surface area contributed by atoms with E-state index in [0.29, 0.717) is 19.7 Å². The Balaban J connectivity index is 0.00000288. The molecular weight excluding hydrogens is 419 g/mol. The summed E-state index contributed by atoms with van der Waals surface area (Å²) in [6, 6.07) is 7.96. The highest BCUT2D eigenvalue weighted by molar-refractivity contribution is 14.0. The monoisotopic (exact) mass is 444 g/mol. The lowest BCUT2D eigenvalue weighted by Crippen LogP contribution is -2.37. The van der Waals surface area contributed by atoms with Crippen LogP contribution in [-0.4, -0.2) is 33.9 Å². The fourth-order valence-electron chi connectivity index (χ4n) is 2.08. The van der Waals surface area contributed by atoms with Crippen LogP contribution in [0, 0.1) is 0 Å². The normalized spacial score (nSPS) is 10.9. The van der Waals surface area contributed by atoms with Crippen molar-refractivity contribution in [1.82, 2.24) is 25.4 Å². The van der Waals surface area contributed by atoms with Gasteiger partial charge in [0.2, 0.25) is 0 Å². The first kappa shape index (κ1) is 20.2. The molecule has 0 saturated carbocycles. The van der Waals surface area contributed by atoms with Crippen molar-refractivity contribution in [3.8, 4) is 5.75 Å². The summed E-state index contributed by atoms with van der Waals surface area (Å²) in [5.41, 5.74) is 1.06. The first-order chi connectivity index (χ1) is 11.2. The number of nitrogens with zero attached hydrogens (tertiary/aromatic N) is 4. The van der Waals surface area contributed by atoms with E-state index in [-0.39, 0.29) is 24.0 Å². The van der Waals surface area contributed by atoms with Crippen molar-refractivity contribution in [3.63, 3.8) is 0 Å². The maximum atomic E-state index is 5.63. The summed E-state index contributed by atoms with van der Waals surface area (Å²) >= 11 is 0. The number of benzene rings is 1. The zero-order valence-corrected chi connectivity index (χ0v) is 16.7. The smallest absolute Gasteiger partial charge is 0.191 e. The van der Waals surface area contributed by atoms with Gasteiger partial charge in [-0.15, -0.1) is 24.0 Å². The van der Waals surface area contributed by atoms with Crippen LogP contribution in [0.5, 0.6) is 5.75 Å². The van der Waals surface area contributed by atoms with E-state index in [9.17, 15) is 0 Å². The van der Waals surface area contributed by atoms with Crippen LogP contribution in [-0.2, 0) is 20.1 Å². The van der Waals surface area contributed by atoms with Crippen molar-refractivity contribution in [3.05, 3.63) is 42.0 Å². The zero-order chi connectivity index (χ0) is 16.5. The Morgan fingerprint density at radius 3 is 2.71 bits per heavy atom. The van der Waals surface area contributed by atoms with E-state index in [4.69, 9.17) is 4.74 Å². The number of rotatable bonds is 7. The van der Waals surface area contributed by atoms with Crippen molar-refractivity contribution in [2.75, 3.05) is 13.2 Å². The Morgan fingerprint density at radius 2 is 2.04 bits per heavy atom. The maximum absolute atomic E-state index is 5.63. The van der Waals surface area contributed by atoms with Gasteiger partial charge < -0.3 is 15.4 Å². The molecule has 0 aliphatic rings. The molecule has 0 saturated heterocycles. The molecule has 0 spiro atoms. The third-order valence-corrected chi connectivity index (χ3v) is 3.24. The molecule has 8 heteroatoms. The minimum Gasteiger partial charge on any atom is -0.494 e. The third-order valence-electron chi connectivity index (χ3n) is 3.24. The standard InChI is InChI=1S/C16H24N6O.HI/c1-4-17-16(19-11-15-20-12-21-22(15)3)18-10-13-8-6-7-9-14(13)23-5-2;/h6-9,12H,4-5,10-11H2,1-3H3,(H2,17,18,19);1H. The number of guanidine groups is 1. The van der Waals surface area contributed by atoms with Gasteiger partial charge in [0.05, 0.1) is 19.7 Å². The van der Waals surface area contributed by atoms with Crippen molar-refractivity contribution in [1.29, 1.82) is 0 Å². The first-order valence-electron chi connectivity index (χ1n) is 7.80. The number of aryl methyl sites for hydroxylation is 1. The van der Waals surface area contributed by atoms with Crippen molar-refractivity contribution >= 4 is 29.9 Å². The second kappa shape index (κ2) is 10.8. The summed E-state index contributed by atoms with van der Waals surface area (Å²) in [5.74, 6) is 2.47. The van der Waals surface area contributed by atoms with Crippen LogP contribution >= 0.6 is 24.0 Å². The highest BCUT2D eigenvalue weighted by Crippen LogP contribution is 2.18. The number of hydrogen-bond acceptors (Lipinski definition) is 4. The summed E-state index contributed by atoms with van der Waals surface area (Å²) in [6.07, 6.45) is 1.54. The van der Waals surface area contributed by atoms with Crippen LogP contribution in [0.15, 0.2) is 35.6 Å². The van der Waals surface area contributed by atoms with Gasteiger partial charge in [0.15, 0.2) is 5.96 Å². The van der Waals surface area contributed by atoms with E-state index in [0.717, 1.165) is 29.6 Å². The highest BCUT2D eigenvalue weighted by Gasteiger charge is 2.05. The Kier molecular flexibility index (Phi) is 9.13. The van der Waals surface area contributed by atoms with E-state index in [1.807, 2.05) is 45.2 Å². The molecule has 0 aliphatic heterocycles. The fourth-order valence-corrected chi connectivity index (χ4v) is 2.08. The van der Waals surface area contributed by atoms with E-state index in [1.54, 1.807) is 11.0 Å². The van der Waals surface area contributed by atoms with Crippen LogP contribution in [0.2, 0.25) is 0 Å². The highest BCUT2D eigenvalue weighted by atomic mass is 127. The van der Waals surface area contributed by atoms with E-state index in [2.05, 4.69) is 25.7 Å². The van der Waals surface area contributed by atoms with Gasteiger partial charge in [-0.2, -0.15) is 5.10 Å². The number of hydrogen-bond donors (Lipinski definition) is 2. The number of para-hydroxylation sites is 1. The topological polar surface area (TPSA) is 76.4 Å². The number of ether oxygens (including phenoxy) is 1. The van der Waals surface area contributed by atoms with Gasteiger partial charge in [-0.25, -0.2) is 9.98 Å². The molecule has 1 heterocycles. The average Bonchev–Trinajstić information content (AvgIpc) is 2.97. The molecule has 0 bridgehead atoms. The summed E-state index contributed by atoms with van der Waals surface area (Å²) < 4.78 is 7.37. The molecule has 1 aromatic carbocycles. The molecule has 2 N–H and O–H groups in total. The first-order valence-corrected chi connectivity index (χ1v) is 7.80. The quantitative estimate of drug-likeness (QED) is 0.389. The summed E-state index contributed by atoms with van der Waals surface area (Å²) in [6.45, 7) is 6.56. The van der Waals surface area contributed by atoms with E-state index < -0.39 is 0 Å². The van der Waals surface area contributed by atoms with Crippen LogP contribution < -0.4 is 15.4 Å². The zero-order valence-electron chi connectivity index (χ0n) is 14.3. The van der Waals surface area contributed by atoms with Gasteiger partial charge in [-0.1, -0.05) is 18.2 Å². The SMILES string of the molecule is CCNC(=NCc1ccccc1OCC)NCc1ncnn1C.I. The fraction of sp³-hybridized carbons (Fsp3) is 0.438. The maximum Gasteiger partial charge on any atom is 0.191 e. The summed E-state index contributed by atoms with van der Waals surface area (Å²) in [4.78, 5) is 8.80. The second-order valence-corrected chi connectivity index (χ2v) is 4.89. The Morgan fingerprint density at radius 1 is 1.25 bits per heavy atom. The number of halogens is 1. The molecule has 0 unspecified atom stereocenters. The molecule has 0 amide bonds. The van der Waals surface area contributed by atoms with Gasteiger partial charge in [0.1, 0.15) is 17.9 Å². The Labute approximate surface area is 159 Å². The summed E-state index contributed by atoms with van der Waals surface area (Å²) in [5, 5.41) is 10.5. The predicted molar refractivity (Wildman–Crippen MR) is 106 cm³/mol. The molecule has 0 radical (unpaired) electrons. The molecule has 132 valence electrons. The number of aliphatic imine (C=N–C) groups is 1. The molecule has 2 aromatic rings.